The van der Waals surface area contributed by atoms with E-state index in [9.17, 15) is 15.0 Å². The van der Waals surface area contributed by atoms with Crippen LogP contribution in [0.3, 0.4) is 0 Å². The van der Waals surface area contributed by atoms with Crippen LogP contribution in [0.5, 0.6) is 0 Å². The summed E-state index contributed by atoms with van der Waals surface area (Å²) >= 11 is 0. The second-order valence-corrected chi connectivity index (χ2v) is 5.57. The van der Waals surface area contributed by atoms with Gasteiger partial charge in [-0.05, 0) is 31.1 Å². The average Bonchev–Trinajstić information content (AvgIpc) is 2.58. The zero-order valence-corrected chi connectivity index (χ0v) is 14.4. The second-order valence-electron chi connectivity index (χ2n) is 5.57. The van der Waals surface area contributed by atoms with Crippen molar-refractivity contribution in [3.05, 3.63) is 36.4 Å². The Hall–Kier alpha value is -2.18. The van der Waals surface area contributed by atoms with Gasteiger partial charge in [0.05, 0.1) is 30.7 Å². The van der Waals surface area contributed by atoms with Gasteiger partial charge in [0.1, 0.15) is 0 Å². The molecule has 0 bridgehead atoms. The summed E-state index contributed by atoms with van der Waals surface area (Å²) in [5.41, 5.74) is 1.81. The number of ether oxygens (including phenoxy) is 1. The lowest BCUT2D eigenvalue weighted by atomic mass is 10.1. The maximum atomic E-state index is 11.0. The van der Waals surface area contributed by atoms with Crippen molar-refractivity contribution in [1.82, 2.24) is 0 Å². The molecule has 1 aromatic carbocycles. The summed E-state index contributed by atoms with van der Waals surface area (Å²) in [4.78, 5) is 17.3. The number of aliphatic imine (C=N–C) groups is 1. The highest BCUT2D eigenvalue weighted by Gasteiger charge is 2.13. The lowest BCUT2D eigenvalue weighted by molar-refractivity contribution is -0.140. The first-order chi connectivity index (χ1) is 11.5. The molecule has 0 saturated heterocycles. The van der Waals surface area contributed by atoms with Crippen LogP contribution in [0, 0.1) is 0 Å². The molecule has 0 spiro atoms. The zero-order valence-electron chi connectivity index (χ0n) is 14.4. The molecule has 0 heterocycles. The molecule has 6 heteroatoms. The first kappa shape index (κ1) is 19.9. The summed E-state index contributed by atoms with van der Waals surface area (Å²) < 4.78 is 4.52. The summed E-state index contributed by atoms with van der Waals surface area (Å²) in [5.74, 6) is -0.320. The minimum atomic E-state index is -1.00. The number of hydrogen-bond acceptors (Lipinski definition) is 6. The first-order valence-electron chi connectivity index (χ1n) is 7.86. The minimum Gasteiger partial charge on any atom is -0.469 e. The second kappa shape index (κ2) is 10.6. The summed E-state index contributed by atoms with van der Waals surface area (Å²) in [5, 5.41) is 19.7. The number of aliphatic hydroxyl groups excluding tert-OH is 2. The van der Waals surface area contributed by atoms with Gasteiger partial charge in [0.2, 0.25) is 0 Å². The van der Waals surface area contributed by atoms with Gasteiger partial charge in [-0.1, -0.05) is 18.2 Å². The molecule has 1 aromatic rings. The van der Waals surface area contributed by atoms with E-state index in [1.807, 2.05) is 43.3 Å². The van der Waals surface area contributed by atoms with E-state index in [2.05, 4.69) is 9.73 Å². The third kappa shape index (κ3) is 6.93. The maximum Gasteiger partial charge on any atom is 0.305 e. The number of esters is 1. The maximum absolute atomic E-state index is 11.0. The molecule has 0 saturated carbocycles. The predicted molar refractivity (Wildman–Crippen MR) is 95.9 cm³/mol. The van der Waals surface area contributed by atoms with E-state index in [0.717, 1.165) is 11.4 Å². The monoisotopic (exact) mass is 334 g/mol. The molecule has 2 atom stereocenters. The smallest absolute Gasteiger partial charge is 0.305 e. The van der Waals surface area contributed by atoms with Gasteiger partial charge in [0.25, 0.3) is 0 Å². The fourth-order valence-electron chi connectivity index (χ4n) is 2.09. The highest BCUT2D eigenvalue weighted by Crippen LogP contribution is 2.25. The zero-order chi connectivity index (χ0) is 17.9. The van der Waals surface area contributed by atoms with Crippen LogP contribution in [-0.4, -0.2) is 55.8 Å². The number of carbonyl (C=O) groups is 1. The number of para-hydroxylation sites is 2. The molecule has 2 N–H and O–H groups in total. The van der Waals surface area contributed by atoms with Crippen molar-refractivity contribution in [1.29, 1.82) is 0 Å². The topological polar surface area (TPSA) is 82.4 Å². The Balaban J connectivity index is 2.49. The number of carbonyl (C=O) groups excluding carboxylic acids is 1. The van der Waals surface area contributed by atoms with Gasteiger partial charge in [-0.2, -0.15) is 0 Å². The number of rotatable bonds is 9. The third-order valence-electron chi connectivity index (χ3n) is 3.47. The fourth-order valence-corrected chi connectivity index (χ4v) is 2.09. The van der Waals surface area contributed by atoms with Gasteiger partial charge in [-0.15, -0.1) is 0 Å². The molecule has 0 aliphatic carbocycles. The predicted octanol–water partition coefficient (Wildman–Crippen LogP) is 2.08. The third-order valence-corrected chi connectivity index (χ3v) is 3.47. The van der Waals surface area contributed by atoms with Crippen LogP contribution in [0.25, 0.3) is 0 Å². The number of allylic oxidation sites excluding steroid dienone is 1. The molecule has 0 aromatic heterocycles. The van der Waals surface area contributed by atoms with Crippen LogP contribution in [0.4, 0.5) is 11.4 Å². The van der Waals surface area contributed by atoms with Gasteiger partial charge in [0, 0.05) is 26.7 Å². The number of benzene rings is 1. The van der Waals surface area contributed by atoms with Crippen molar-refractivity contribution >= 4 is 23.6 Å². The van der Waals surface area contributed by atoms with Crippen molar-refractivity contribution in [2.24, 2.45) is 4.99 Å². The number of aliphatic hydroxyl groups is 2. The van der Waals surface area contributed by atoms with E-state index in [1.165, 1.54) is 13.2 Å². The van der Waals surface area contributed by atoms with Crippen LogP contribution >= 0.6 is 0 Å². The summed E-state index contributed by atoms with van der Waals surface area (Å²) in [7, 11) is 5.21. The van der Waals surface area contributed by atoms with E-state index in [-0.39, 0.29) is 12.4 Å². The normalized spacial score (nSPS) is 14.0. The van der Waals surface area contributed by atoms with E-state index in [1.54, 1.807) is 12.3 Å². The first-order valence-corrected chi connectivity index (χ1v) is 7.86. The van der Waals surface area contributed by atoms with Crippen LogP contribution in [-0.2, 0) is 9.53 Å². The lowest BCUT2D eigenvalue weighted by Gasteiger charge is -2.14. The Bertz CT molecular complexity index is 570. The van der Waals surface area contributed by atoms with E-state index < -0.39 is 12.2 Å². The average molecular weight is 334 g/mol. The molecule has 0 amide bonds. The van der Waals surface area contributed by atoms with Gasteiger partial charge >= 0.3 is 5.97 Å². The van der Waals surface area contributed by atoms with Crippen molar-refractivity contribution in [2.45, 2.75) is 31.5 Å². The van der Waals surface area contributed by atoms with Crippen LogP contribution in [0.15, 0.2) is 41.4 Å². The van der Waals surface area contributed by atoms with Crippen LogP contribution in [0.2, 0.25) is 0 Å². The minimum absolute atomic E-state index is 0.229. The number of nitrogens with zero attached hydrogens (tertiary/aromatic N) is 2. The Labute approximate surface area is 143 Å². The summed E-state index contributed by atoms with van der Waals surface area (Å²) in [6.45, 7) is 0. The summed E-state index contributed by atoms with van der Waals surface area (Å²) in [6, 6.07) is 7.72. The largest absolute Gasteiger partial charge is 0.469 e. The van der Waals surface area contributed by atoms with Crippen molar-refractivity contribution in [3.8, 4) is 0 Å². The SMILES string of the molecule is COC(=O)CCC[C@H](O)[C@H](O)/C=C/C=Nc1ccccc1N(C)C. The van der Waals surface area contributed by atoms with Crippen molar-refractivity contribution in [2.75, 3.05) is 26.1 Å². The Morgan fingerprint density at radius 1 is 1.33 bits per heavy atom. The molecule has 0 unspecified atom stereocenters. The van der Waals surface area contributed by atoms with Crippen molar-refractivity contribution in [3.63, 3.8) is 0 Å². The number of anilines is 1. The van der Waals surface area contributed by atoms with E-state index in [4.69, 9.17) is 0 Å². The van der Waals surface area contributed by atoms with Crippen LogP contribution < -0.4 is 4.90 Å². The van der Waals surface area contributed by atoms with Crippen molar-refractivity contribution < 1.29 is 19.7 Å². The Morgan fingerprint density at radius 2 is 2.04 bits per heavy atom. The molecular weight excluding hydrogens is 308 g/mol. The fraction of sp³-hybridized carbons (Fsp3) is 0.444. The van der Waals surface area contributed by atoms with Gasteiger partial charge in [-0.3, -0.25) is 9.79 Å². The molecule has 132 valence electrons. The molecular formula is C18H26N2O4. The molecule has 0 aliphatic rings. The molecule has 1 rings (SSSR count). The highest BCUT2D eigenvalue weighted by molar-refractivity contribution is 5.78. The molecule has 6 nitrogen and oxygen atoms in total. The van der Waals surface area contributed by atoms with Crippen LogP contribution in [0.1, 0.15) is 19.3 Å². The molecule has 0 fully saturated rings. The number of methoxy groups -OCH3 is 1. The molecule has 0 aliphatic heterocycles. The Kier molecular flexibility index (Phi) is 8.75. The van der Waals surface area contributed by atoms with E-state index in [0.29, 0.717) is 12.8 Å². The molecule has 0 radical (unpaired) electrons. The standard InChI is InChI=1S/C18H26N2O4/c1-20(2)15-9-5-4-8-14(15)19-13-7-11-17(22)16(21)10-6-12-18(23)24-3/h4-5,7-9,11,13,16-17,21-22H,6,10,12H2,1-3H3/b11-7+,19-13?/t16-,17+/m0/s1. The van der Waals surface area contributed by atoms with Gasteiger partial charge in [-0.25, -0.2) is 0 Å². The quantitative estimate of drug-likeness (QED) is 0.534. The van der Waals surface area contributed by atoms with Gasteiger partial charge in [0.15, 0.2) is 0 Å². The van der Waals surface area contributed by atoms with Gasteiger partial charge < -0.3 is 19.8 Å². The Morgan fingerprint density at radius 3 is 2.71 bits per heavy atom. The summed E-state index contributed by atoms with van der Waals surface area (Å²) in [6.07, 6.45) is 3.74. The van der Waals surface area contributed by atoms with E-state index >= 15 is 0 Å². The molecule has 24 heavy (non-hydrogen) atoms. The number of hydrogen-bond donors (Lipinski definition) is 2. The lowest BCUT2D eigenvalue weighted by Crippen LogP contribution is -2.23. The highest BCUT2D eigenvalue weighted by atomic mass is 16.5.